The maximum absolute atomic E-state index is 12.8. The van der Waals surface area contributed by atoms with Gasteiger partial charge < -0.3 is 9.88 Å². The molecule has 1 aliphatic rings. The Bertz CT molecular complexity index is 969. The van der Waals surface area contributed by atoms with E-state index in [1.165, 1.54) is 10.6 Å². The summed E-state index contributed by atoms with van der Waals surface area (Å²) in [5, 5.41) is 0. The number of aromatic amines is 1. The molecule has 0 radical (unpaired) electrons. The van der Waals surface area contributed by atoms with Gasteiger partial charge >= 0.3 is 0 Å². The van der Waals surface area contributed by atoms with E-state index >= 15 is 0 Å². The minimum atomic E-state index is -0.304. The van der Waals surface area contributed by atoms with Crippen LogP contribution >= 0.6 is 0 Å². The maximum Gasteiger partial charge on any atom is 0.270 e. The fraction of sp³-hybridized carbons (Fsp3) is 0.333. The van der Waals surface area contributed by atoms with Crippen LogP contribution in [-0.2, 0) is 0 Å². The molecule has 0 spiro atoms. The summed E-state index contributed by atoms with van der Waals surface area (Å²) in [6.45, 7) is 3.05. The molecule has 1 fully saturated rings. The van der Waals surface area contributed by atoms with Gasteiger partial charge in [0.25, 0.3) is 11.5 Å². The molecule has 1 aliphatic heterocycles. The minimum absolute atomic E-state index is 0.128. The molecular formula is C18H19N5O2. The molecule has 7 nitrogen and oxygen atoms in total. The van der Waals surface area contributed by atoms with E-state index in [4.69, 9.17) is 0 Å². The van der Waals surface area contributed by atoms with Crippen LogP contribution in [0.4, 0.5) is 0 Å². The third kappa shape index (κ3) is 2.71. The number of hydrogen-bond acceptors (Lipinski definition) is 4. The summed E-state index contributed by atoms with van der Waals surface area (Å²) in [6, 6.07) is 5.44. The van der Waals surface area contributed by atoms with Gasteiger partial charge in [-0.25, -0.2) is 9.97 Å². The van der Waals surface area contributed by atoms with Gasteiger partial charge in [0.1, 0.15) is 17.0 Å². The maximum atomic E-state index is 12.8. The summed E-state index contributed by atoms with van der Waals surface area (Å²) in [5.74, 6) is 1.06. The number of fused-ring (bicyclic) bond motifs is 1. The van der Waals surface area contributed by atoms with E-state index in [-0.39, 0.29) is 17.0 Å². The Hall–Kier alpha value is -2.96. The van der Waals surface area contributed by atoms with Gasteiger partial charge in [0.2, 0.25) is 0 Å². The Morgan fingerprint density at radius 2 is 2.04 bits per heavy atom. The molecule has 4 rings (SSSR count). The summed E-state index contributed by atoms with van der Waals surface area (Å²) in [6.07, 6.45) is 6.63. The van der Waals surface area contributed by atoms with Gasteiger partial charge in [-0.2, -0.15) is 0 Å². The zero-order valence-electron chi connectivity index (χ0n) is 14.0. The number of amides is 1. The Labute approximate surface area is 144 Å². The number of aromatic nitrogens is 4. The third-order valence-corrected chi connectivity index (χ3v) is 4.84. The highest BCUT2D eigenvalue weighted by atomic mass is 16.2. The SMILES string of the molecule is Cc1cccc2ncc(C(=O)N3CCC(c4ncc[nH]4)CC3)c(=O)n12. The van der Waals surface area contributed by atoms with Crippen molar-refractivity contribution in [1.29, 1.82) is 0 Å². The summed E-state index contributed by atoms with van der Waals surface area (Å²) >= 11 is 0. The van der Waals surface area contributed by atoms with Crippen LogP contribution < -0.4 is 5.56 Å². The van der Waals surface area contributed by atoms with Crippen LogP contribution in [0.5, 0.6) is 0 Å². The molecule has 25 heavy (non-hydrogen) atoms. The summed E-state index contributed by atoms with van der Waals surface area (Å²) in [5.41, 5.74) is 1.14. The van der Waals surface area contributed by atoms with Crippen molar-refractivity contribution in [3.63, 3.8) is 0 Å². The number of likely N-dealkylation sites (tertiary alicyclic amines) is 1. The third-order valence-electron chi connectivity index (χ3n) is 4.84. The molecule has 128 valence electrons. The van der Waals surface area contributed by atoms with Crippen molar-refractivity contribution in [3.05, 3.63) is 64.2 Å². The number of H-pyrrole nitrogens is 1. The number of carbonyl (C=O) groups is 1. The average molecular weight is 337 g/mol. The van der Waals surface area contributed by atoms with Crippen LogP contribution in [0.25, 0.3) is 5.65 Å². The largest absolute Gasteiger partial charge is 0.348 e. The Kier molecular flexibility index (Phi) is 3.83. The van der Waals surface area contributed by atoms with Gasteiger partial charge in [0.15, 0.2) is 0 Å². The first kappa shape index (κ1) is 15.6. The molecule has 4 heterocycles. The van der Waals surface area contributed by atoms with Crippen LogP contribution in [0.2, 0.25) is 0 Å². The first-order chi connectivity index (χ1) is 12.1. The first-order valence-corrected chi connectivity index (χ1v) is 8.41. The number of imidazole rings is 1. The summed E-state index contributed by atoms with van der Waals surface area (Å²) in [7, 11) is 0. The summed E-state index contributed by atoms with van der Waals surface area (Å²) in [4.78, 5) is 39.0. The van der Waals surface area contributed by atoms with Gasteiger partial charge in [-0.3, -0.25) is 14.0 Å². The van der Waals surface area contributed by atoms with Crippen molar-refractivity contribution in [2.45, 2.75) is 25.7 Å². The van der Waals surface area contributed by atoms with Crippen LogP contribution in [-0.4, -0.2) is 43.2 Å². The van der Waals surface area contributed by atoms with Crippen molar-refractivity contribution in [2.24, 2.45) is 0 Å². The lowest BCUT2D eigenvalue weighted by molar-refractivity contribution is 0.0709. The lowest BCUT2D eigenvalue weighted by atomic mass is 9.96. The fourth-order valence-electron chi connectivity index (χ4n) is 3.45. The molecule has 0 atom stereocenters. The van der Waals surface area contributed by atoms with Gasteiger partial charge in [0, 0.05) is 43.3 Å². The monoisotopic (exact) mass is 337 g/mol. The predicted molar refractivity (Wildman–Crippen MR) is 92.7 cm³/mol. The second-order valence-corrected chi connectivity index (χ2v) is 6.38. The van der Waals surface area contributed by atoms with Gasteiger partial charge in [-0.1, -0.05) is 6.07 Å². The molecule has 3 aromatic heterocycles. The van der Waals surface area contributed by atoms with E-state index < -0.39 is 0 Å². The lowest BCUT2D eigenvalue weighted by Crippen LogP contribution is -2.41. The number of pyridine rings is 1. The molecule has 1 amide bonds. The normalized spacial score (nSPS) is 15.6. The fourth-order valence-corrected chi connectivity index (χ4v) is 3.45. The van der Waals surface area contributed by atoms with Crippen LogP contribution in [0, 0.1) is 6.92 Å². The highest BCUT2D eigenvalue weighted by molar-refractivity contribution is 5.93. The standard InChI is InChI=1S/C18H19N5O2/c1-12-3-2-4-15-21-11-14(18(25)23(12)15)17(24)22-9-5-13(6-10-22)16-19-7-8-20-16/h2-4,7-8,11,13H,5-6,9-10H2,1H3,(H,19,20). The molecule has 7 heteroatoms. The van der Waals surface area contributed by atoms with Crippen LogP contribution in [0.15, 0.2) is 41.6 Å². The van der Waals surface area contributed by atoms with E-state index in [0.717, 1.165) is 24.4 Å². The molecular weight excluding hydrogens is 318 g/mol. The highest BCUT2D eigenvalue weighted by Crippen LogP contribution is 2.25. The lowest BCUT2D eigenvalue weighted by Gasteiger charge is -2.31. The molecule has 0 bridgehead atoms. The smallest absolute Gasteiger partial charge is 0.270 e. The molecule has 1 saturated heterocycles. The summed E-state index contributed by atoms with van der Waals surface area (Å²) < 4.78 is 1.49. The Morgan fingerprint density at radius 3 is 2.76 bits per heavy atom. The van der Waals surface area contributed by atoms with E-state index in [1.54, 1.807) is 17.2 Å². The number of nitrogens with one attached hydrogen (secondary N) is 1. The van der Waals surface area contributed by atoms with E-state index in [1.807, 2.05) is 25.3 Å². The van der Waals surface area contributed by atoms with Crippen molar-refractivity contribution < 1.29 is 4.79 Å². The highest BCUT2D eigenvalue weighted by Gasteiger charge is 2.27. The zero-order valence-corrected chi connectivity index (χ0v) is 14.0. The van der Waals surface area contributed by atoms with E-state index in [0.29, 0.717) is 24.7 Å². The minimum Gasteiger partial charge on any atom is -0.348 e. The Balaban J connectivity index is 1.58. The topological polar surface area (TPSA) is 83.4 Å². The van der Waals surface area contributed by atoms with Crippen molar-refractivity contribution in [2.75, 3.05) is 13.1 Å². The second kappa shape index (κ2) is 6.16. The zero-order chi connectivity index (χ0) is 17.4. The molecule has 0 saturated carbocycles. The first-order valence-electron chi connectivity index (χ1n) is 8.41. The number of nitrogens with zero attached hydrogens (tertiary/aromatic N) is 4. The average Bonchev–Trinajstić information content (AvgIpc) is 3.16. The molecule has 0 aliphatic carbocycles. The number of aryl methyl sites for hydroxylation is 1. The van der Waals surface area contributed by atoms with Gasteiger partial charge in [-0.15, -0.1) is 0 Å². The van der Waals surface area contributed by atoms with Gasteiger partial charge in [-0.05, 0) is 31.9 Å². The van der Waals surface area contributed by atoms with Crippen LogP contribution in [0.3, 0.4) is 0 Å². The van der Waals surface area contributed by atoms with Crippen molar-refractivity contribution in [3.8, 4) is 0 Å². The number of piperidine rings is 1. The second-order valence-electron chi connectivity index (χ2n) is 6.38. The number of hydrogen-bond donors (Lipinski definition) is 1. The quantitative estimate of drug-likeness (QED) is 0.772. The number of carbonyl (C=O) groups excluding carboxylic acids is 1. The van der Waals surface area contributed by atoms with Crippen molar-refractivity contribution in [1.82, 2.24) is 24.3 Å². The Morgan fingerprint density at radius 1 is 1.24 bits per heavy atom. The van der Waals surface area contributed by atoms with Gasteiger partial charge in [0.05, 0.1) is 0 Å². The van der Waals surface area contributed by atoms with E-state index in [2.05, 4.69) is 15.0 Å². The molecule has 3 aromatic rings. The predicted octanol–water partition coefficient (Wildman–Crippen LogP) is 1.75. The molecule has 0 aromatic carbocycles. The number of rotatable bonds is 2. The molecule has 0 unspecified atom stereocenters. The van der Waals surface area contributed by atoms with Crippen LogP contribution in [0.1, 0.15) is 40.6 Å². The van der Waals surface area contributed by atoms with Crippen molar-refractivity contribution >= 4 is 11.6 Å². The molecule has 1 N–H and O–H groups in total. The van der Waals surface area contributed by atoms with E-state index in [9.17, 15) is 9.59 Å².